The molecule has 1 atom stereocenters. The topological polar surface area (TPSA) is 48.1 Å². The predicted octanol–water partition coefficient (Wildman–Crippen LogP) is 3.96. The fraction of sp³-hybridized carbons (Fsp3) is 0.118. The van der Waals surface area contributed by atoms with Gasteiger partial charge in [-0.1, -0.05) is 18.2 Å². The summed E-state index contributed by atoms with van der Waals surface area (Å²) >= 11 is 0. The minimum absolute atomic E-state index is 0.0655. The van der Waals surface area contributed by atoms with Crippen molar-refractivity contribution >= 4 is 16.6 Å². The van der Waals surface area contributed by atoms with Gasteiger partial charge in [0.1, 0.15) is 11.9 Å². The van der Waals surface area contributed by atoms with Crippen molar-refractivity contribution in [2.75, 3.05) is 5.73 Å². The van der Waals surface area contributed by atoms with Crippen LogP contribution in [0.3, 0.4) is 0 Å². The molecule has 0 bridgehead atoms. The molecule has 0 fully saturated rings. The molecular weight excluding hydrogens is 248 g/mol. The second kappa shape index (κ2) is 5.21. The summed E-state index contributed by atoms with van der Waals surface area (Å²) in [6, 6.07) is 17.6. The van der Waals surface area contributed by atoms with Gasteiger partial charge in [0.25, 0.3) is 0 Å². The molecule has 3 nitrogen and oxygen atoms in total. The van der Waals surface area contributed by atoms with Crippen molar-refractivity contribution in [3.63, 3.8) is 0 Å². The van der Waals surface area contributed by atoms with Crippen LogP contribution in [-0.4, -0.2) is 4.98 Å². The zero-order valence-electron chi connectivity index (χ0n) is 11.3. The van der Waals surface area contributed by atoms with Gasteiger partial charge in [-0.05, 0) is 48.9 Å². The van der Waals surface area contributed by atoms with Gasteiger partial charge in [0.05, 0.1) is 5.52 Å². The number of hydrogen-bond acceptors (Lipinski definition) is 3. The van der Waals surface area contributed by atoms with Gasteiger partial charge in [0, 0.05) is 17.3 Å². The molecule has 1 heterocycles. The average molecular weight is 264 g/mol. The van der Waals surface area contributed by atoms with Crippen molar-refractivity contribution in [2.24, 2.45) is 0 Å². The van der Waals surface area contributed by atoms with Crippen molar-refractivity contribution < 1.29 is 4.74 Å². The predicted molar refractivity (Wildman–Crippen MR) is 81.6 cm³/mol. The molecule has 2 N–H and O–H groups in total. The largest absolute Gasteiger partial charge is 0.485 e. The number of nitrogen functional groups attached to an aromatic ring is 1. The molecule has 3 heteroatoms. The van der Waals surface area contributed by atoms with E-state index >= 15 is 0 Å². The SMILES string of the molecule is CC(Oc1cccc2ncccc12)c1cccc(N)c1. The molecule has 0 saturated carbocycles. The van der Waals surface area contributed by atoms with Gasteiger partial charge in [-0.2, -0.15) is 0 Å². The van der Waals surface area contributed by atoms with Crippen LogP contribution in [0.5, 0.6) is 5.75 Å². The third kappa shape index (κ3) is 2.43. The number of fused-ring (bicyclic) bond motifs is 1. The highest BCUT2D eigenvalue weighted by atomic mass is 16.5. The van der Waals surface area contributed by atoms with Crippen molar-refractivity contribution in [1.82, 2.24) is 4.98 Å². The molecule has 0 radical (unpaired) electrons. The molecular formula is C17H16N2O. The summed E-state index contributed by atoms with van der Waals surface area (Å²) in [5.74, 6) is 0.838. The van der Waals surface area contributed by atoms with Crippen LogP contribution >= 0.6 is 0 Å². The number of benzene rings is 2. The van der Waals surface area contributed by atoms with E-state index in [1.807, 2.05) is 61.5 Å². The lowest BCUT2D eigenvalue weighted by Crippen LogP contribution is -2.04. The van der Waals surface area contributed by atoms with E-state index < -0.39 is 0 Å². The van der Waals surface area contributed by atoms with E-state index in [-0.39, 0.29) is 6.10 Å². The molecule has 0 saturated heterocycles. The smallest absolute Gasteiger partial charge is 0.129 e. The number of nitrogens with zero attached hydrogens (tertiary/aromatic N) is 1. The van der Waals surface area contributed by atoms with E-state index in [1.165, 1.54) is 0 Å². The van der Waals surface area contributed by atoms with E-state index in [1.54, 1.807) is 6.20 Å². The van der Waals surface area contributed by atoms with Crippen LogP contribution in [0.25, 0.3) is 10.9 Å². The summed E-state index contributed by atoms with van der Waals surface area (Å²) in [7, 11) is 0. The number of hydrogen-bond donors (Lipinski definition) is 1. The number of nitrogens with two attached hydrogens (primary N) is 1. The standard InChI is InChI=1S/C17H16N2O/c1-12(13-5-2-6-14(18)11-13)20-17-9-3-8-16-15(17)7-4-10-19-16/h2-12H,18H2,1H3. The summed E-state index contributed by atoms with van der Waals surface area (Å²) in [4.78, 5) is 4.34. The second-order valence-corrected chi connectivity index (χ2v) is 4.76. The fourth-order valence-corrected chi connectivity index (χ4v) is 2.25. The summed E-state index contributed by atoms with van der Waals surface area (Å²) in [6.07, 6.45) is 1.72. The maximum Gasteiger partial charge on any atom is 0.129 e. The van der Waals surface area contributed by atoms with Gasteiger partial charge in [-0.15, -0.1) is 0 Å². The zero-order valence-corrected chi connectivity index (χ0v) is 11.3. The van der Waals surface area contributed by atoms with Crippen molar-refractivity contribution in [2.45, 2.75) is 13.0 Å². The molecule has 0 aliphatic heterocycles. The molecule has 100 valence electrons. The Bertz CT molecular complexity index is 734. The van der Waals surface area contributed by atoms with Crippen molar-refractivity contribution in [1.29, 1.82) is 0 Å². The molecule has 20 heavy (non-hydrogen) atoms. The first kappa shape index (κ1) is 12.5. The van der Waals surface area contributed by atoms with E-state index in [0.717, 1.165) is 27.9 Å². The molecule has 0 aliphatic rings. The van der Waals surface area contributed by atoms with Crippen LogP contribution in [0.1, 0.15) is 18.6 Å². The van der Waals surface area contributed by atoms with Crippen LogP contribution in [-0.2, 0) is 0 Å². The molecule has 3 aromatic rings. The first-order valence-corrected chi connectivity index (χ1v) is 6.60. The Morgan fingerprint density at radius 1 is 1.05 bits per heavy atom. The van der Waals surface area contributed by atoms with Gasteiger partial charge in [-0.3, -0.25) is 4.98 Å². The first-order valence-electron chi connectivity index (χ1n) is 6.60. The maximum atomic E-state index is 6.07. The first-order chi connectivity index (χ1) is 9.74. The monoisotopic (exact) mass is 264 g/mol. The van der Waals surface area contributed by atoms with Crippen molar-refractivity contribution in [3.05, 3.63) is 66.4 Å². The number of rotatable bonds is 3. The normalized spacial score (nSPS) is 12.2. The van der Waals surface area contributed by atoms with E-state index in [9.17, 15) is 0 Å². The summed E-state index contributed by atoms with van der Waals surface area (Å²) in [5, 5.41) is 1.02. The van der Waals surface area contributed by atoms with Gasteiger partial charge in [0.15, 0.2) is 0 Å². The highest BCUT2D eigenvalue weighted by Gasteiger charge is 2.10. The highest BCUT2D eigenvalue weighted by Crippen LogP contribution is 2.28. The lowest BCUT2D eigenvalue weighted by Gasteiger charge is -2.16. The van der Waals surface area contributed by atoms with Crippen LogP contribution in [0.15, 0.2) is 60.8 Å². The molecule has 0 amide bonds. The van der Waals surface area contributed by atoms with Crippen LogP contribution in [0.2, 0.25) is 0 Å². The van der Waals surface area contributed by atoms with Gasteiger partial charge in [-0.25, -0.2) is 0 Å². The zero-order chi connectivity index (χ0) is 13.9. The van der Waals surface area contributed by atoms with E-state index in [4.69, 9.17) is 10.5 Å². The lowest BCUT2D eigenvalue weighted by molar-refractivity contribution is 0.230. The Balaban J connectivity index is 1.93. The highest BCUT2D eigenvalue weighted by molar-refractivity contribution is 5.84. The Morgan fingerprint density at radius 3 is 2.75 bits per heavy atom. The van der Waals surface area contributed by atoms with Gasteiger partial charge < -0.3 is 10.5 Å². The van der Waals surface area contributed by atoms with Gasteiger partial charge >= 0.3 is 0 Å². The third-order valence-electron chi connectivity index (χ3n) is 3.29. The fourth-order valence-electron chi connectivity index (χ4n) is 2.25. The number of aromatic nitrogens is 1. The molecule has 3 rings (SSSR count). The molecule has 1 unspecified atom stereocenters. The number of pyridine rings is 1. The molecule has 2 aromatic carbocycles. The second-order valence-electron chi connectivity index (χ2n) is 4.76. The lowest BCUT2D eigenvalue weighted by atomic mass is 10.1. The molecule has 1 aromatic heterocycles. The van der Waals surface area contributed by atoms with Crippen molar-refractivity contribution in [3.8, 4) is 5.75 Å². The molecule has 0 aliphatic carbocycles. The van der Waals surface area contributed by atoms with Gasteiger partial charge in [0.2, 0.25) is 0 Å². The summed E-state index contributed by atoms with van der Waals surface area (Å²) in [5.41, 5.74) is 8.56. The third-order valence-corrected chi connectivity index (χ3v) is 3.29. The Labute approximate surface area is 118 Å². The Hall–Kier alpha value is -2.55. The summed E-state index contributed by atoms with van der Waals surface area (Å²) in [6.45, 7) is 2.02. The van der Waals surface area contributed by atoms with Crippen LogP contribution < -0.4 is 10.5 Å². The number of ether oxygens (including phenoxy) is 1. The average Bonchev–Trinajstić information content (AvgIpc) is 2.47. The summed E-state index contributed by atoms with van der Waals surface area (Å²) < 4.78 is 6.07. The van der Waals surface area contributed by atoms with Crippen LogP contribution in [0, 0.1) is 0 Å². The van der Waals surface area contributed by atoms with Crippen LogP contribution in [0.4, 0.5) is 5.69 Å². The Morgan fingerprint density at radius 2 is 1.90 bits per heavy atom. The maximum absolute atomic E-state index is 6.07. The minimum Gasteiger partial charge on any atom is -0.485 e. The van der Waals surface area contributed by atoms with E-state index in [2.05, 4.69) is 4.98 Å². The molecule has 0 spiro atoms. The Kier molecular flexibility index (Phi) is 3.25. The minimum atomic E-state index is -0.0655. The number of anilines is 1. The van der Waals surface area contributed by atoms with E-state index in [0.29, 0.717) is 0 Å². The quantitative estimate of drug-likeness (QED) is 0.728.